The van der Waals surface area contributed by atoms with Gasteiger partial charge in [-0.1, -0.05) is 0 Å². The number of nitrogens with one attached hydrogen (secondary N) is 1. The fourth-order valence-corrected chi connectivity index (χ4v) is 4.43. The van der Waals surface area contributed by atoms with E-state index >= 15 is 0 Å². The highest BCUT2D eigenvalue weighted by Crippen LogP contribution is 2.30. The number of rotatable bonds is 5. The minimum absolute atomic E-state index is 0.121. The van der Waals surface area contributed by atoms with Gasteiger partial charge in [0, 0.05) is 30.8 Å². The van der Waals surface area contributed by atoms with Gasteiger partial charge < -0.3 is 14.3 Å². The molecule has 0 aromatic carbocycles. The van der Waals surface area contributed by atoms with Crippen LogP contribution in [0.25, 0.3) is 22.3 Å². The molecule has 0 aliphatic carbocycles. The van der Waals surface area contributed by atoms with E-state index in [1.807, 2.05) is 44.5 Å². The highest BCUT2D eigenvalue weighted by atomic mass is 16.3. The van der Waals surface area contributed by atoms with Crippen molar-refractivity contribution in [3.8, 4) is 11.3 Å². The Balaban J connectivity index is 1.50. The third kappa shape index (κ3) is 3.59. The highest BCUT2D eigenvalue weighted by molar-refractivity contribution is 6.06. The molecule has 0 spiro atoms. The quantitative estimate of drug-likeness (QED) is 0.506. The van der Waals surface area contributed by atoms with Crippen molar-refractivity contribution in [2.24, 2.45) is 0 Å². The Morgan fingerprint density at radius 1 is 1.22 bits per heavy atom. The van der Waals surface area contributed by atoms with E-state index < -0.39 is 0 Å². The molecule has 1 aliphatic rings. The molecule has 0 unspecified atom stereocenters. The molecule has 1 N–H and O–H groups in total. The van der Waals surface area contributed by atoms with Gasteiger partial charge in [0.2, 0.25) is 0 Å². The van der Waals surface area contributed by atoms with E-state index in [0.29, 0.717) is 23.4 Å². The lowest BCUT2D eigenvalue weighted by atomic mass is 10.1. The van der Waals surface area contributed by atoms with Crippen molar-refractivity contribution in [2.75, 3.05) is 0 Å². The first-order valence-corrected chi connectivity index (χ1v) is 11.2. The van der Waals surface area contributed by atoms with Crippen LogP contribution < -0.4 is 5.32 Å². The van der Waals surface area contributed by atoms with Crippen LogP contribution in [-0.4, -0.2) is 30.2 Å². The predicted octanol–water partition coefficient (Wildman–Crippen LogP) is 4.35. The summed E-state index contributed by atoms with van der Waals surface area (Å²) >= 11 is 0. The lowest BCUT2D eigenvalue weighted by Crippen LogP contribution is -2.23. The predicted molar refractivity (Wildman–Crippen MR) is 121 cm³/mol. The maximum Gasteiger partial charge on any atom is 0.252 e. The number of carbonyl (C=O) groups excluding carboxylic acids is 1. The molecule has 0 saturated heterocycles. The summed E-state index contributed by atoms with van der Waals surface area (Å²) in [6.07, 6.45) is 7.13. The van der Waals surface area contributed by atoms with E-state index in [-0.39, 0.29) is 11.9 Å². The number of pyridine rings is 1. The average Bonchev–Trinajstić information content (AvgIpc) is 3.46. The van der Waals surface area contributed by atoms with Gasteiger partial charge in [-0.15, -0.1) is 0 Å². The van der Waals surface area contributed by atoms with Crippen LogP contribution in [0.5, 0.6) is 0 Å². The highest BCUT2D eigenvalue weighted by Gasteiger charge is 2.21. The van der Waals surface area contributed by atoms with Crippen LogP contribution >= 0.6 is 0 Å². The van der Waals surface area contributed by atoms with Gasteiger partial charge in [-0.05, 0) is 52.7 Å². The van der Waals surface area contributed by atoms with E-state index in [1.165, 1.54) is 12.8 Å². The Bertz CT molecular complexity index is 1290. The molecule has 8 heteroatoms. The molecule has 5 rings (SSSR count). The summed E-state index contributed by atoms with van der Waals surface area (Å²) < 4.78 is 9.76. The molecule has 8 nitrogen and oxygen atoms in total. The number of hydrogen-bond donors (Lipinski definition) is 1. The lowest BCUT2D eigenvalue weighted by molar-refractivity contribution is 0.0952. The second-order valence-electron chi connectivity index (χ2n) is 8.78. The first kappa shape index (κ1) is 20.5. The molecule has 0 fully saturated rings. The molecule has 0 saturated carbocycles. The molecule has 4 aromatic heterocycles. The normalized spacial score (nSPS) is 13.7. The first-order valence-electron chi connectivity index (χ1n) is 11.2. The Hall–Kier alpha value is -3.42. The summed E-state index contributed by atoms with van der Waals surface area (Å²) in [5, 5.41) is 8.29. The van der Waals surface area contributed by atoms with Crippen LogP contribution in [0.4, 0.5) is 0 Å². The molecule has 1 aliphatic heterocycles. The van der Waals surface area contributed by atoms with Gasteiger partial charge in [-0.25, -0.2) is 14.6 Å². The van der Waals surface area contributed by atoms with Gasteiger partial charge in [-0.2, -0.15) is 5.10 Å². The van der Waals surface area contributed by atoms with Gasteiger partial charge in [0.25, 0.3) is 5.91 Å². The van der Waals surface area contributed by atoms with Crippen molar-refractivity contribution < 1.29 is 9.21 Å². The molecule has 0 atom stereocenters. The van der Waals surface area contributed by atoms with E-state index in [2.05, 4.69) is 21.2 Å². The molecule has 5 heterocycles. The van der Waals surface area contributed by atoms with E-state index in [4.69, 9.17) is 14.4 Å². The number of nitrogens with zero attached hydrogens (tertiary/aromatic N) is 5. The van der Waals surface area contributed by atoms with E-state index in [1.54, 1.807) is 6.20 Å². The standard InChI is InChI=1S/C24H28N6O2/c1-14(2)30-23-20(12-26-30)19(10-21(28-23)18-9-15(3)32-16(18)4)24(31)25-11-17-13-29-8-6-5-7-22(29)27-17/h9-10,12-14H,5-8,11H2,1-4H3,(H,25,31). The first-order chi connectivity index (χ1) is 15.4. The number of carbonyl (C=O) groups is 1. The molecule has 32 heavy (non-hydrogen) atoms. The number of fused-ring (bicyclic) bond motifs is 2. The van der Waals surface area contributed by atoms with Gasteiger partial charge in [-0.3, -0.25) is 4.79 Å². The van der Waals surface area contributed by atoms with Crippen LogP contribution in [0.15, 0.2) is 28.9 Å². The van der Waals surface area contributed by atoms with Crippen molar-refractivity contribution in [2.45, 2.75) is 66.1 Å². The number of hydrogen-bond acceptors (Lipinski definition) is 5. The summed E-state index contributed by atoms with van der Waals surface area (Å²) in [5.41, 5.74) is 3.73. The fraction of sp³-hybridized carbons (Fsp3) is 0.417. The Labute approximate surface area is 186 Å². The van der Waals surface area contributed by atoms with Crippen LogP contribution in [0.3, 0.4) is 0 Å². The van der Waals surface area contributed by atoms with Crippen molar-refractivity contribution in [3.63, 3.8) is 0 Å². The summed E-state index contributed by atoms with van der Waals surface area (Å²) in [5.74, 6) is 2.54. The van der Waals surface area contributed by atoms with Gasteiger partial charge >= 0.3 is 0 Å². The molecular weight excluding hydrogens is 404 g/mol. The van der Waals surface area contributed by atoms with E-state index in [0.717, 1.165) is 47.0 Å². The minimum atomic E-state index is -0.161. The van der Waals surface area contributed by atoms with Gasteiger partial charge in [0.1, 0.15) is 17.3 Å². The van der Waals surface area contributed by atoms with Crippen molar-refractivity contribution >= 4 is 16.9 Å². The van der Waals surface area contributed by atoms with Crippen LogP contribution in [0.2, 0.25) is 0 Å². The SMILES string of the molecule is Cc1cc(-c2cc(C(=O)NCc3cn4c(n3)CCCC4)c3cnn(C(C)C)c3n2)c(C)o1. The Kier molecular flexibility index (Phi) is 5.07. The molecular formula is C24H28N6O2. The zero-order valence-corrected chi connectivity index (χ0v) is 19.0. The summed E-state index contributed by atoms with van der Waals surface area (Å²) in [6.45, 7) is 9.31. The average molecular weight is 433 g/mol. The summed E-state index contributed by atoms with van der Waals surface area (Å²) in [6, 6.07) is 3.91. The third-order valence-electron chi connectivity index (χ3n) is 6.01. The summed E-state index contributed by atoms with van der Waals surface area (Å²) in [4.78, 5) is 22.8. The molecule has 4 aromatic rings. The minimum Gasteiger partial charge on any atom is -0.466 e. The largest absolute Gasteiger partial charge is 0.466 e. The maximum atomic E-state index is 13.3. The van der Waals surface area contributed by atoms with Gasteiger partial charge in [0.15, 0.2) is 5.65 Å². The number of amides is 1. The zero-order chi connectivity index (χ0) is 22.4. The molecule has 166 valence electrons. The Morgan fingerprint density at radius 3 is 2.78 bits per heavy atom. The van der Waals surface area contributed by atoms with Crippen LogP contribution in [0.1, 0.15) is 66.1 Å². The van der Waals surface area contributed by atoms with Crippen molar-refractivity contribution in [1.82, 2.24) is 29.6 Å². The van der Waals surface area contributed by atoms with Crippen LogP contribution in [0, 0.1) is 13.8 Å². The monoisotopic (exact) mass is 432 g/mol. The third-order valence-corrected chi connectivity index (χ3v) is 6.01. The van der Waals surface area contributed by atoms with Crippen LogP contribution in [-0.2, 0) is 19.5 Å². The number of furan rings is 1. The second kappa shape index (κ2) is 7.93. The molecule has 1 amide bonds. The number of imidazole rings is 1. The number of aryl methyl sites for hydroxylation is 4. The van der Waals surface area contributed by atoms with Crippen molar-refractivity contribution in [1.29, 1.82) is 0 Å². The van der Waals surface area contributed by atoms with Crippen molar-refractivity contribution in [3.05, 3.63) is 53.1 Å². The smallest absolute Gasteiger partial charge is 0.252 e. The zero-order valence-electron chi connectivity index (χ0n) is 19.0. The van der Waals surface area contributed by atoms with Gasteiger partial charge in [0.05, 0.1) is 35.1 Å². The number of aromatic nitrogens is 5. The lowest BCUT2D eigenvalue weighted by Gasteiger charge is -2.11. The summed E-state index contributed by atoms with van der Waals surface area (Å²) in [7, 11) is 0. The topological polar surface area (TPSA) is 90.8 Å². The molecule has 0 bridgehead atoms. The maximum absolute atomic E-state index is 13.3. The van der Waals surface area contributed by atoms with E-state index in [9.17, 15) is 4.79 Å². The Morgan fingerprint density at radius 2 is 2.06 bits per heavy atom. The molecule has 0 radical (unpaired) electrons. The fourth-order valence-electron chi connectivity index (χ4n) is 4.43. The second-order valence-corrected chi connectivity index (χ2v) is 8.78.